The van der Waals surface area contributed by atoms with Crippen LogP contribution in [0.25, 0.3) is 0 Å². The van der Waals surface area contributed by atoms with Crippen molar-refractivity contribution in [1.29, 1.82) is 0 Å². The molecule has 0 aliphatic carbocycles. The zero-order valence-electron chi connectivity index (χ0n) is 7.49. The summed E-state index contributed by atoms with van der Waals surface area (Å²) in [6, 6.07) is 0. The first-order valence-electron chi connectivity index (χ1n) is 4.31. The molecule has 1 amide bonds. The Labute approximate surface area is 80.7 Å². The summed E-state index contributed by atoms with van der Waals surface area (Å²) >= 11 is 0. The molecule has 2 aliphatic rings. The second kappa shape index (κ2) is 3.69. The van der Waals surface area contributed by atoms with Gasteiger partial charge in [0, 0.05) is 13.1 Å². The highest BCUT2D eigenvalue weighted by atomic mass is 16.8. The summed E-state index contributed by atoms with van der Waals surface area (Å²) in [4.78, 5) is 17.8. The van der Waals surface area contributed by atoms with Gasteiger partial charge in [-0.1, -0.05) is 0 Å². The third kappa shape index (κ3) is 1.86. The van der Waals surface area contributed by atoms with Crippen molar-refractivity contribution in [3.8, 4) is 0 Å². The van der Waals surface area contributed by atoms with E-state index in [1.165, 1.54) is 0 Å². The Bertz CT molecular complexity index is 307. The maximum atomic E-state index is 11.5. The molecule has 0 aromatic carbocycles. The molecule has 0 spiro atoms. The fraction of sp³-hybridized carbons (Fsp3) is 0.375. The maximum absolute atomic E-state index is 11.5. The van der Waals surface area contributed by atoms with Crippen molar-refractivity contribution >= 4 is 5.91 Å². The van der Waals surface area contributed by atoms with Gasteiger partial charge in [-0.05, 0) is 17.8 Å². The second-order valence-electron chi connectivity index (χ2n) is 3.05. The summed E-state index contributed by atoms with van der Waals surface area (Å²) in [5.74, 6) is 0.534. The molecule has 2 rings (SSSR count). The molecule has 0 unspecified atom stereocenters. The summed E-state index contributed by atoms with van der Waals surface area (Å²) in [5, 5.41) is 11.2. The number of carbonyl (C=O) groups excluding carboxylic acids is 1. The Hall–Kier alpha value is -1.53. The minimum absolute atomic E-state index is 0.0113. The van der Waals surface area contributed by atoms with Gasteiger partial charge in [0.2, 0.25) is 0 Å². The summed E-state index contributed by atoms with van der Waals surface area (Å²) in [5.41, 5.74) is 2.15. The highest BCUT2D eigenvalue weighted by Gasteiger charge is 2.27. The van der Waals surface area contributed by atoms with Gasteiger partial charge in [0.15, 0.2) is 0 Å². The highest BCUT2D eigenvalue weighted by Crippen LogP contribution is 2.12. The third-order valence-electron chi connectivity index (χ3n) is 2.03. The van der Waals surface area contributed by atoms with Crippen LogP contribution < -0.4 is 11.0 Å². The molecule has 14 heavy (non-hydrogen) atoms. The largest absolute Gasteiger partial charge is 0.386 e. The van der Waals surface area contributed by atoms with E-state index in [0.29, 0.717) is 18.0 Å². The van der Waals surface area contributed by atoms with Crippen LogP contribution in [0.1, 0.15) is 0 Å². The van der Waals surface area contributed by atoms with Gasteiger partial charge in [-0.3, -0.25) is 10.0 Å². The van der Waals surface area contributed by atoms with Gasteiger partial charge in [0.05, 0.1) is 6.54 Å². The molecule has 0 saturated carbocycles. The van der Waals surface area contributed by atoms with Gasteiger partial charge < -0.3 is 15.1 Å². The van der Waals surface area contributed by atoms with E-state index in [1.807, 2.05) is 0 Å². The van der Waals surface area contributed by atoms with E-state index in [2.05, 4.69) is 10.2 Å². The maximum Gasteiger partial charge on any atom is 0.270 e. The molecule has 1 fully saturated rings. The van der Waals surface area contributed by atoms with Crippen molar-refractivity contribution in [2.45, 2.75) is 0 Å². The molecule has 0 aromatic heterocycles. The molecule has 1 saturated heterocycles. The quantitative estimate of drug-likeness (QED) is 0.404. The summed E-state index contributed by atoms with van der Waals surface area (Å²) in [7, 11) is 0. The predicted molar refractivity (Wildman–Crippen MR) is 46.8 cm³/mol. The number of hydrogen-bond donors (Lipinski definition) is 3. The molecule has 3 N–H and O–H groups in total. The zero-order chi connectivity index (χ0) is 9.97. The lowest BCUT2D eigenvalue weighted by atomic mass is 10.2. The number of carbonyl (C=O) groups is 1. The van der Waals surface area contributed by atoms with Crippen LogP contribution in [0.4, 0.5) is 0 Å². The topological polar surface area (TPSA) is 73.6 Å². The Morgan fingerprint density at radius 3 is 2.86 bits per heavy atom. The van der Waals surface area contributed by atoms with Crippen LogP contribution in [-0.4, -0.2) is 35.6 Å². The van der Waals surface area contributed by atoms with Gasteiger partial charge in [0.25, 0.3) is 5.91 Å². The molecule has 0 bridgehead atoms. The molecule has 2 heterocycles. The Balaban J connectivity index is 1.98. The lowest BCUT2D eigenvalue weighted by Crippen LogP contribution is -2.30. The number of hydrogen-bond acceptors (Lipinski definition) is 5. The van der Waals surface area contributed by atoms with Crippen LogP contribution in [0.15, 0.2) is 23.6 Å². The molecular weight excluding hydrogens is 186 g/mol. The molecule has 6 heteroatoms. The van der Waals surface area contributed by atoms with Crippen LogP contribution in [-0.2, 0) is 9.63 Å². The van der Waals surface area contributed by atoms with E-state index in [4.69, 9.17) is 5.21 Å². The predicted octanol–water partition coefficient (Wildman–Crippen LogP) is -0.890. The molecule has 0 atom stereocenters. The van der Waals surface area contributed by atoms with E-state index in [0.717, 1.165) is 13.1 Å². The fourth-order valence-electron chi connectivity index (χ4n) is 1.18. The Kier molecular flexibility index (Phi) is 2.38. The molecule has 0 aromatic rings. The van der Waals surface area contributed by atoms with Crippen LogP contribution in [0.3, 0.4) is 0 Å². The van der Waals surface area contributed by atoms with Crippen LogP contribution in [0.2, 0.25) is 0 Å². The van der Waals surface area contributed by atoms with E-state index in [-0.39, 0.29) is 5.91 Å². The summed E-state index contributed by atoms with van der Waals surface area (Å²) in [6.07, 6.45) is 3.27. The highest BCUT2D eigenvalue weighted by molar-refractivity contribution is 5.94. The minimum atomic E-state index is 0.0113. The van der Waals surface area contributed by atoms with Gasteiger partial charge in [0.1, 0.15) is 11.5 Å². The molecule has 2 aliphatic heterocycles. The smallest absolute Gasteiger partial charge is 0.270 e. The van der Waals surface area contributed by atoms with Crippen molar-refractivity contribution in [2.24, 2.45) is 0 Å². The zero-order valence-corrected chi connectivity index (χ0v) is 7.49. The molecule has 0 radical (unpaired) electrons. The van der Waals surface area contributed by atoms with Gasteiger partial charge in [-0.25, -0.2) is 0 Å². The fourth-order valence-corrected chi connectivity index (χ4v) is 1.18. The first-order valence-corrected chi connectivity index (χ1v) is 4.31. The average molecular weight is 197 g/mol. The van der Waals surface area contributed by atoms with E-state index in [9.17, 15) is 4.79 Å². The monoisotopic (exact) mass is 197 g/mol. The first-order chi connectivity index (χ1) is 6.81. The van der Waals surface area contributed by atoms with Crippen molar-refractivity contribution in [3.05, 3.63) is 23.6 Å². The van der Waals surface area contributed by atoms with Crippen LogP contribution >= 0.6 is 0 Å². The molecule has 76 valence electrons. The number of allylic oxidation sites excluding steroid dienone is 2. The SMILES string of the molecule is O=C(C1=CC=C(ONO)CN1)N1CC1. The number of rotatable bonds is 3. The molecular formula is C8H11N3O3. The normalized spacial score (nSPS) is 19.4. The van der Waals surface area contributed by atoms with Gasteiger partial charge >= 0.3 is 0 Å². The van der Waals surface area contributed by atoms with Crippen molar-refractivity contribution in [1.82, 2.24) is 15.9 Å². The van der Waals surface area contributed by atoms with Crippen molar-refractivity contribution in [2.75, 3.05) is 19.6 Å². The van der Waals surface area contributed by atoms with Gasteiger partial charge in [-0.15, -0.1) is 0 Å². The van der Waals surface area contributed by atoms with E-state index in [1.54, 1.807) is 22.7 Å². The minimum Gasteiger partial charge on any atom is -0.386 e. The number of dihydropyridines is 1. The lowest BCUT2D eigenvalue weighted by molar-refractivity contribution is -0.122. The van der Waals surface area contributed by atoms with Gasteiger partial charge in [-0.2, -0.15) is 0 Å². The number of amides is 1. The average Bonchev–Trinajstić information content (AvgIpc) is 3.02. The van der Waals surface area contributed by atoms with Crippen molar-refractivity contribution in [3.63, 3.8) is 0 Å². The van der Waals surface area contributed by atoms with E-state index >= 15 is 0 Å². The summed E-state index contributed by atoms with van der Waals surface area (Å²) in [6.45, 7) is 2.06. The molecule has 6 nitrogen and oxygen atoms in total. The number of nitrogens with zero attached hydrogens (tertiary/aromatic N) is 1. The van der Waals surface area contributed by atoms with Crippen LogP contribution in [0.5, 0.6) is 0 Å². The second-order valence-corrected chi connectivity index (χ2v) is 3.05. The summed E-state index contributed by atoms with van der Waals surface area (Å²) < 4.78 is 0. The lowest BCUT2D eigenvalue weighted by Gasteiger charge is -2.15. The third-order valence-corrected chi connectivity index (χ3v) is 2.03. The Morgan fingerprint density at radius 2 is 2.36 bits per heavy atom. The number of nitrogens with one attached hydrogen (secondary N) is 2. The van der Waals surface area contributed by atoms with Crippen molar-refractivity contribution < 1.29 is 14.8 Å². The Morgan fingerprint density at radius 1 is 1.57 bits per heavy atom. The standard InChI is InChI=1S/C8H11N3O3/c12-8(11-3-4-11)7-2-1-6(5-9-7)14-10-13/h1-2,9-10,13H,3-5H2. The first kappa shape index (κ1) is 9.04. The van der Waals surface area contributed by atoms with E-state index < -0.39 is 0 Å². The van der Waals surface area contributed by atoms with Crippen LogP contribution in [0, 0.1) is 0 Å².